The minimum atomic E-state index is 0.450. The maximum atomic E-state index is 4.76. The van der Waals surface area contributed by atoms with E-state index in [9.17, 15) is 0 Å². The van der Waals surface area contributed by atoms with Crippen LogP contribution in [-0.4, -0.2) is 21.8 Å². The minimum Gasteiger partial charge on any atom is -0.370 e. The van der Waals surface area contributed by atoms with Crippen LogP contribution in [0.15, 0.2) is 0 Å². The Morgan fingerprint density at radius 1 is 1.15 bits per heavy atom. The van der Waals surface area contributed by atoms with Crippen LogP contribution in [0.3, 0.4) is 0 Å². The van der Waals surface area contributed by atoms with Crippen molar-refractivity contribution in [3.63, 3.8) is 0 Å². The highest BCUT2D eigenvalue weighted by Gasteiger charge is 2.14. The number of hydrogen-bond donors (Lipinski definition) is 1. The Morgan fingerprint density at radius 2 is 1.85 bits per heavy atom. The van der Waals surface area contributed by atoms with Gasteiger partial charge in [-0.15, -0.1) is 0 Å². The Kier molecular flexibility index (Phi) is 7.35. The third-order valence-electron chi connectivity index (χ3n) is 3.37. The molecule has 0 amide bonds. The van der Waals surface area contributed by atoms with Crippen LogP contribution in [0.5, 0.6) is 0 Å². The Morgan fingerprint density at radius 3 is 2.40 bits per heavy atom. The third-order valence-corrected chi connectivity index (χ3v) is 4.70. The van der Waals surface area contributed by atoms with Crippen molar-refractivity contribution >= 4 is 17.6 Å². The fraction of sp³-hybridized carbons (Fsp3) is 0.750. The maximum absolute atomic E-state index is 4.76. The lowest BCUT2D eigenvalue weighted by molar-refractivity contribution is 0.812. The van der Waals surface area contributed by atoms with Crippen molar-refractivity contribution in [3.8, 4) is 0 Å². The summed E-state index contributed by atoms with van der Waals surface area (Å²) in [6.07, 6.45) is 2.30. The van der Waals surface area contributed by atoms with E-state index in [1.165, 1.54) is 12.0 Å². The first-order valence-corrected chi connectivity index (χ1v) is 8.77. The number of thioether (sulfide) groups is 1. The van der Waals surface area contributed by atoms with Crippen LogP contribution in [0.2, 0.25) is 0 Å². The molecule has 3 nitrogen and oxygen atoms in total. The Bertz CT molecular complexity index is 418. The Hall–Kier alpha value is -0.770. The average Bonchev–Trinajstić information content (AvgIpc) is 2.41. The number of nitrogens with one attached hydrogen (secondary N) is 1. The molecule has 0 spiro atoms. The number of nitrogens with zero attached hydrogens (tertiary/aromatic N) is 2. The van der Waals surface area contributed by atoms with Gasteiger partial charge < -0.3 is 5.32 Å². The molecule has 0 aromatic carbocycles. The highest BCUT2D eigenvalue weighted by molar-refractivity contribution is 7.99. The summed E-state index contributed by atoms with van der Waals surface area (Å²) in [5.74, 6) is 3.34. The first-order chi connectivity index (χ1) is 9.49. The molecule has 1 aromatic heterocycles. The van der Waals surface area contributed by atoms with E-state index in [0.717, 1.165) is 36.1 Å². The van der Waals surface area contributed by atoms with Gasteiger partial charge in [0.1, 0.15) is 11.6 Å². The SMILES string of the molecule is CCCNc1nc(CSC(C)CC)nc(C)c1C(C)C. The first-order valence-electron chi connectivity index (χ1n) is 7.72. The second-order valence-corrected chi connectivity index (χ2v) is 7.03. The lowest BCUT2D eigenvalue weighted by atomic mass is 10.0. The number of aromatic nitrogens is 2. The number of anilines is 1. The highest BCUT2D eigenvalue weighted by atomic mass is 32.2. The van der Waals surface area contributed by atoms with E-state index in [-0.39, 0.29) is 0 Å². The molecule has 0 saturated carbocycles. The monoisotopic (exact) mass is 295 g/mol. The van der Waals surface area contributed by atoms with Crippen LogP contribution in [-0.2, 0) is 5.75 Å². The molecule has 1 unspecified atom stereocenters. The average molecular weight is 295 g/mol. The van der Waals surface area contributed by atoms with Gasteiger partial charge in [-0.2, -0.15) is 11.8 Å². The standard InChI is InChI=1S/C16H29N3S/c1-7-9-17-16-15(11(3)4)13(6)18-14(19-16)10-20-12(5)8-2/h11-12H,7-10H2,1-6H3,(H,17,18,19). The van der Waals surface area contributed by atoms with Crippen LogP contribution in [0, 0.1) is 6.92 Å². The molecule has 0 fully saturated rings. The van der Waals surface area contributed by atoms with Crippen molar-refractivity contribution in [1.29, 1.82) is 0 Å². The van der Waals surface area contributed by atoms with Gasteiger partial charge in [0.05, 0.1) is 5.75 Å². The van der Waals surface area contributed by atoms with E-state index in [0.29, 0.717) is 11.2 Å². The molecule has 1 rings (SSSR count). The molecule has 1 heterocycles. The summed E-state index contributed by atoms with van der Waals surface area (Å²) in [6, 6.07) is 0. The van der Waals surface area contributed by atoms with Gasteiger partial charge in [-0.05, 0) is 25.7 Å². The zero-order valence-electron chi connectivity index (χ0n) is 13.8. The van der Waals surface area contributed by atoms with Gasteiger partial charge in [-0.1, -0.05) is 34.6 Å². The van der Waals surface area contributed by atoms with Crippen molar-refractivity contribution in [1.82, 2.24) is 9.97 Å². The molecule has 1 aromatic rings. The van der Waals surface area contributed by atoms with Crippen LogP contribution in [0.4, 0.5) is 5.82 Å². The molecule has 0 aliphatic carbocycles. The molecular formula is C16H29N3S. The van der Waals surface area contributed by atoms with Gasteiger partial charge in [0.15, 0.2) is 0 Å². The second-order valence-electron chi connectivity index (χ2n) is 5.60. The highest BCUT2D eigenvalue weighted by Crippen LogP contribution is 2.27. The lowest BCUT2D eigenvalue weighted by Gasteiger charge is -2.17. The third kappa shape index (κ3) is 4.97. The quantitative estimate of drug-likeness (QED) is 0.750. The van der Waals surface area contributed by atoms with Crippen LogP contribution in [0.1, 0.15) is 70.5 Å². The molecule has 1 N–H and O–H groups in total. The second kappa shape index (κ2) is 8.50. The van der Waals surface area contributed by atoms with Crippen molar-refractivity contribution in [2.45, 2.75) is 71.3 Å². The number of aryl methyl sites for hydroxylation is 1. The molecule has 4 heteroatoms. The van der Waals surface area contributed by atoms with E-state index in [2.05, 4.69) is 46.9 Å². The van der Waals surface area contributed by atoms with Crippen LogP contribution in [0.25, 0.3) is 0 Å². The van der Waals surface area contributed by atoms with Crippen molar-refractivity contribution in [2.75, 3.05) is 11.9 Å². The maximum Gasteiger partial charge on any atom is 0.140 e. The summed E-state index contributed by atoms with van der Waals surface area (Å²) >= 11 is 1.93. The summed E-state index contributed by atoms with van der Waals surface area (Å²) in [5, 5.41) is 4.13. The van der Waals surface area contributed by atoms with Gasteiger partial charge in [-0.25, -0.2) is 9.97 Å². The topological polar surface area (TPSA) is 37.8 Å². The fourth-order valence-corrected chi connectivity index (χ4v) is 2.91. The van der Waals surface area contributed by atoms with Crippen molar-refractivity contribution < 1.29 is 0 Å². The van der Waals surface area contributed by atoms with E-state index in [1.54, 1.807) is 0 Å². The van der Waals surface area contributed by atoms with Gasteiger partial charge in [0.25, 0.3) is 0 Å². The largest absolute Gasteiger partial charge is 0.370 e. The molecule has 0 aliphatic rings. The van der Waals surface area contributed by atoms with Crippen LogP contribution >= 0.6 is 11.8 Å². The predicted molar refractivity (Wildman–Crippen MR) is 90.7 cm³/mol. The van der Waals surface area contributed by atoms with Crippen LogP contribution < -0.4 is 5.32 Å². The molecular weight excluding hydrogens is 266 g/mol. The molecule has 0 saturated heterocycles. The van der Waals surface area contributed by atoms with Gasteiger partial charge >= 0.3 is 0 Å². The molecule has 1 atom stereocenters. The molecule has 0 aliphatic heterocycles. The Balaban J connectivity index is 2.95. The van der Waals surface area contributed by atoms with Gasteiger partial charge in [0, 0.05) is 23.1 Å². The summed E-state index contributed by atoms with van der Waals surface area (Å²) in [5.41, 5.74) is 2.38. The summed E-state index contributed by atoms with van der Waals surface area (Å²) in [6.45, 7) is 14.1. The van der Waals surface area contributed by atoms with E-state index >= 15 is 0 Å². The summed E-state index contributed by atoms with van der Waals surface area (Å²) in [4.78, 5) is 9.45. The van der Waals surface area contributed by atoms with E-state index < -0.39 is 0 Å². The molecule has 20 heavy (non-hydrogen) atoms. The zero-order chi connectivity index (χ0) is 15.1. The summed E-state index contributed by atoms with van der Waals surface area (Å²) < 4.78 is 0. The van der Waals surface area contributed by atoms with E-state index in [1.807, 2.05) is 11.8 Å². The van der Waals surface area contributed by atoms with Gasteiger partial charge in [-0.3, -0.25) is 0 Å². The smallest absolute Gasteiger partial charge is 0.140 e. The predicted octanol–water partition coefficient (Wildman–Crippen LogP) is 4.76. The number of rotatable bonds is 8. The number of hydrogen-bond acceptors (Lipinski definition) is 4. The molecule has 0 bridgehead atoms. The zero-order valence-corrected chi connectivity index (χ0v) is 14.6. The normalized spacial score (nSPS) is 12.8. The minimum absolute atomic E-state index is 0.450. The van der Waals surface area contributed by atoms with Crippen molar-refractivity contribution in [3.05, 3.63) is 17.1 Å². The van der Waals surface area contributed by atoms with Crippen molar-refractivity contribution in [2.24, 2.45) is 0 Å². The van der Waals surface area contributed by atoms with Gasteiger partial charge in [0.2, 0.25) is 0 Å². The first kappa shape index (κ1) is 17.3. The Labute approximate surface area is 128 Å². The molecule has 114 valence electrons. The fourth-order valence-electron chi connectivity index (χ4n) is 2.11. The van der Waals surface area contributed by atoms with E-state index in [4.69, 9.17) is 9.97 Å². The molecule has 0 radical (unpaired) electrons. The lowest BCUT2D eigenvalue weighted by Crippen LogP contribution is -2.12. The summed E-state index contributed by atoms with van der Waals surface area (Å²) in [7, 11) is 0.